The number of thioether (sulfide) groups is 1. The van der Waals surface area contributed by atoms with Gasteiger partial charge in [0.25, 0.3) is 0 Å². The van der Waals surface area contributed by atoms with Gasteiger partial charge in [0.15, 0.2) is 0 Å². The Hall–Kier alpha value is -5.81. The summed E-state index contributed by atoms with van der Waals surface area (Å²) in [6, 6.07) is 61.7. The van der Waals surface area contributed by atoms with E-state index in [1.54, 1.807) is 0 Å². The molecule has 0 saturated carbocycles. The first-order valence-corrected chi connectivity index (χ1v) is 19.5. The fraction of sp³-hybridized carbons (Fsp3) is 0.0417. The van der Waals surface area contributed by atoms with Crippen LogP contribution in [0.2, 0.25) is 0 Å². The molecule has 52 heavy (non-hydrogen) atoms. The van der Waals surface area contributed by atoms with Crippen molar-refractivity contribution in [1.82, 2.24) is 0 Å². The Morgan fingerprint density at radius 2 is 0.962 bits per heavy atom. The quantitative estimate of drug-likeness (QED) is 0.163. The van der Waals surface area contributed by atoms with Gasteiger partial charge in [-0.2, -0.15) is 0 Å². The molecule has 0 radical (unpaired) electrons. The van der Waals surface area contributed by atoms with Gasteiger partial charge < -0.3 is 9.80 Å². The number of allylic oxidation sites excluding steroid dienone is 3. The summed E-state index contributed by atoms with van der Waals surface area (Å²) in [6.07, 6.45) is 9.07. The third-order valence-corrected chi connectivity index (χ3v) is 12.8. The van der Waals surface area contributed by atoms with E-state index < -0.39 is 0 Å². The Kier molecular flexibility index (Phi) is 7.78. The molecule has 2 unspecified atom stereocenters. The van der Waals surface area contributed by atoms with Crippen LogP contribution < -0.4 is 9.80 Å². The molecular formula is C48H34N2S2. The van der Waals surface area contributed by atoms with Crippen molar-refractivity contribution < 1.29 is 0 Å². The highest BCUT2D eigenvalue weighted by Gasteiger charge is 2.34. The molecule has 8 aromatic rings. The van der Waals surface area contributed by atoms with E-state index in [1.807, 2.05) is 23.1 Å². The minimum atomic E-state index is 0.420. The fourth-order valence-electron chi connectivity index (χ4n) is 7.75. The van der Waals surface area contributed by atoms with Crippen LogP contribution >= 0.6 is 23.1 Å². The van der Waals surface area contributed by atoms with Gasteiger partial charge in [0.05, 0.1) is 16.1 Å². The molecule has 1 aliphatic carbocycles. The van der Waals surface area contributed by atoms with Crippen molar-refractivity contribution in [2.45, 2.75) is 16.1 Å². The second kappa shape index (κ2) is 13.1. The smallest absolute Gasteiger partial charge is 0.0640 e. The zero-order valence-electron chi connectivity index (χ0n) is 28.3. The molecule has 2 heterocycles. The largest absolute Gasteiger partial charge is 0.309 e. The van der Waals surface area contributed by atoms with Crippen LogP contribution in [0.4, 0.5) is 34.1 Å². The lowest BCUT2D eigenvalue weighted by Crippen LogP contribution is -2.11. The lowest BCUT2D eigenvalue weighted by molar-refractivity contribution is 0.880. The van der Waals surface area contributed by atoms with Gasteiger partial charge in [-0.25, -0.2) is 0 Å². The summed E-state index contributed by atoms with van der Waals surface area (Å²) in [5, 5.41) is 3.05. The zero-order chi connectivity index (χ0) is 34.4. The highest BCUT2D eigenvalue weighted by atomic mass is 32.2. The van der Waals surface area contributed by atoms with Crippen LogP contribution in [-0.4, -0.2) is 5.25 Å². The maximum Gasteiger partial charge on any atom is 0.0640 e. The van der Waals surface area contributed by atoms with Gasteiger partial charge in [-0.05, 0) is 83.4 Å². The molecule has 0 N–H and O–H groups in total. The Balaban J connectivity index is 1.01. The van der Waals surface area contributed by atoms with E-state index in [0.29, 0.717) is 11.2 Å². The van der Waals surface area contributed by atoms with Crippen molar-refractivity contribution >= 4 is 77.4 Å². The van der Waals surface area contributed by atoms with Gasteiger partial charge in [0.1, 0.15) is 0 Å². The monoisotopic (exact) mass is 702 g/mol. The first-order valence-electron chi connectivity index (χ1n) is 17.8. The molecule has 0 fully saturated rings. The van der Waals surface area contributed by atoms with Gasteiger partial charge >= 0.3 is 0 Å². The molecule has 248 valence electrons. The lowest BCUT2D eigenvalue weighted by Gasteiger charge is -2.27. The van der Waals surface area contributed by atoms with E-state index in [-0.39, 0.29) is 0 Å². The molecule has 10 rings (SSSR count). The summed E-state index contributed by atoms with van der Waals surface area (Å²) < 4.78 is 2.61. The van der Waals surface area contributed by atoms with Gasteiger partial charge in [0, 0.05) is 54.3 Å². The van der Waals surface area contributed by atoms with Crippen LogP contribution in [0.1, 0.15) is 11.5 Å². The molecule has 2 nitrogen and oxygen atoms in total. The zero-order valence-corrected chi connectivity index (χ0v) is 30.0. The van der Waals surface area contributed by atoms with Crippen molar-refractivity contribution in [1.29, 1.82) is 0 Å². The van der Waals surface area contributed by atoms with Crippen molar-refractivity contribution in [3.05, 3.63) is 200 Å². The molecule has 2 atom stereocenters. The van der Waals surface area contributed by atoms with Gasteiger partial charge in [-0.3, -0.25) is 0 Å². The highest BCUT2D eigenvalue weighted by molar-refractivity contribution is 8.00. The van der Waals surface area contributed by atoms with Crippen LogP contribution in [0.3, 0.4) is 0 Å². The Labute approximate surface area is 312 Å². The van der Waals surface area contributed by atoms with E-state index in [1.165, 1.54) is 53.1 Å². The van der Waals surface area contributed by atoms with Gasteiger partial charge in [0.2, 0.25) is 0 Å². The lowest BCUT2D eigenvalue weighted by atomic mass is 9.92. The summed E-state index contributed by atoms with van der Waals surface area (Å²) in [4.78, 5) is 6.17. The van der Waals surface area contributed by atoms with E-state index in [9.17, 15) is 0 Å². The number of anilines is 6. The summed E-state index contributed by atoms with van der Waals surface area (Å²) in [6.45, 7) is 0. The van der Waals surface area contributed by atoms with Gasteiger partial charge in [-0.15, -0.1) is 23.1 Å². The molecular weight excluding hydrogens is 669 g/mol. The maximum atomic E-state index is 2.41. The average molecular weight is 703 g/mol. The van der Waals surface area contributed by atoms with Crippen molar-refractivity contribution in [3.8, 4) is 11.1 Å². The third kappa shape index (κ3) is 5.34. The van der Waals surface area contributed by atoms with E-state index in [2.05, 4.69) is 204 Å². The minimum absolute atomic E-state index is 0.420. The van der Waals surface area contributed by atoms with E-state index >= 15 is 0 Å². The SMILES string of the molecule is C1=CC2Sc3c(cccc3N(c3ccccc3)c3ccc(-c4ccc(N(c5ccccc5)c5cccc6c5sc5ccccc56)cc4)cc3)C2C=C1. The standard InChI is InChI=1S/C48H34N2S2/c1-3-13-35(14-4-1)49(43-21-11-19-41-39-17-7-9-23-45(39)51-47(41)43)37-29-25-33(26-30-37)34-27-31-38(32-28-34)50(36-15-5-2-6-16-36)44-22-12-20-42-40-18-8-10-24-46(40)52-48(42)44/h1-32,39,45H. The summed E-state index contributed by atoms with van der Waals surface area (Å²) in [5.41, 5.74) is 10.8. The molecule has 0 bridgehead atoms. The average Bonchev–Trinajstić information content (AvgIpc) is 3.79. The number of hydrogen-bond donors (Lipinski definition) is 0. The Morgan fingerprint density at radius 3 is 1.65 bits per heavy atom. The van der Waals surface area contributed by atoms with Crippen molar-refractivity contribution in [2.75, 3.05) is 9.80 Å². The molecule has 7 aromatic carbocycles. The molecule has 1 aliphatic heterocycles. The number of rotatable bonds is 7. The summed E-state index contributed by atoms with van der Waals surface area (Å²) in [7, 11) is 0. The van der Waals surface area contributed by atoms with Crippen LogP contribution in [-0.2, 0) is 0 Å². The fourth-order valence-corrected chi connectivity index (χ4v) is 10.4. The molecule has 2 aliphatic rings. The number of thiophene rings is 1. The number of para-hydroxylation sites is 2. The highest BCUT2D eigenvalue weighted by Crippen LogP contribution is 2.54. The predicted molar refractivity (Wildman–Crippen MR) is 225 cm³/mol. The second-order valence-electron chi connectivity index (χ2n) is 13.3. The predicted octanol–water partition coefficient (Wildman–Crippen LogP) is 14.3. The first-order chi connectivity index (χ1) is 25.8. The molecule has 0 spiro atoms. The first kappa shape index (κ1) is 31.0. The molecule has 0 saturated heterocycles. The van der Waals surface area contributed by atoms with Crippen molar-refractivity contribution in [3.63, 3.8) is 0 Å². The molecule has 4 heteroatoms. The third-order valence-electron chi connectivity index (χ3n) is 10.2. The van der Waals surface area contributed by atoms with E-state index in [0.717, 1.165) is 22.7 Å². The number of benzene rings is 7. The molecule has 1 aromatic heterocycles. The topological polar surface area (TPSA) is 6.48 Å². The van der Waals surface area contributed by atoms with E-state index in [4.69, 9.17) is 0 Å². The van der Waals surface area contributed by atoms with Crippen LogP contribution in [0.15, 0.2) is 199 Å². The summed E-state index contributed by atoms with van der Waals surface area (Å²) in [5.74, 6) is 0.420. The number of hydrogen-bond acceptors (Lipinski definition) is 4. The van der Waals surface area contributed by atoms with Crippen molar-refractivity contribution in [2.24, 2.45) is 0 Å². The van der Waals surface area contributed by atoms with Crippen LogP contribution in [0, 0.1) is 0 Å². The number of fused-ring (bicyclic) bond motifs is 6. The second-order valence-corrected chi connectivity index (χ2v) is 15.5. The minimum Gasteiger partial charge on any atom is -0.309 e. The van der Waals surface area contributed by atoms with Crippen LogP contribution in [0.25, 0.3) is 31.3 Å². The summed E-state index contributed by atoms with van der Waals surface area (Å²) >= 11 is 3.85. The molecule has 0 amide bonds. The number of nitrogens with zero attached hydrogens (tertiary/aromatic N) is 2. The Morgan fingerprint density at radius 1 is 0.423 bits per heavy atom. The normalized spacial score (nSPS) is 15.8. The Bertz CT molecular complexity index is 2610. The van der Waals surface area contributed by atoms with Gasteiger partial charge in [-0.1, -0.05) is 127 Å². The maximum absolute atomic E-state index is 2.41. The van der Waals surface area contributed by atoms with Crippen LogP contribution in [0.5, 0.6) is 0 Å².